The van der Waals surface area contributed by atoms with Crippen LogP contribution in [0.3, 0.4) is 0 Å². The quantitative estimate of drug-likeness (QED) is 0.547. The Labute approximate surface area is 158 Å². The molecule has 2 N–H and O–H groups in total. The monoisotopic (exact) mass is 362 g/mol. The summed E-state index contributed by atoms with van der Waals surface area (Å²) < 4.78 is 11.2. The van der Waals surface area contributed by atoms with Gasteiger partial charge in [-0.05, 0) is 31.4 Å². The first-order valence-electron chi connectivity index (χ1n) is 9.59. The average Bonchev–Trinajstić information content (AvgIpc) is 2.64. The van der Waals surface area contributed by atoms with Gasteiger partial charge in [-0.2, -0.15) is 0 Å². The predicted octanol–water partition coefficient (Wildman–Crippen LogP) is 2.03. The number of nitrogens with one attached hydrogen (secondary N) is 2. The van der Waals surface area contributed by atoms with Crippen LogP contribution in [0, 0.1) is 12.8 Å². The van der Waals surface area contributed by atoms with Gasteiger partial charge in [0.1, 0.15) is 5.75 Å². The Balaban J connectivity index is 1.78. The maximum Gasteiger partial charge on any atom is 0.191 e. The fraction of sp³-hybridized carbons (Fsp3) is 0.650. The van der Waals surface area contributed by atoms with Gasteiger partial charge in [-0.3, -0.25) is 9.89 Å². The van der Waals surface area contributed by atoms with Gasteiger partial charge in [0.2, 0.25) is 0 Å². The number of rotatable bonds is 8. The summed E-state index contributed by atoms with van der Waals surface area (Å²) in [4.78, 5) is 6.80. The van der Waals surface area contributed by atoms with Crippen LogP contribution in [0.2, 0.25) is 0 Å². The summed E-state index contributed by atoms with van der Waals surface area (Å²) in [6, 6.07) is 6.31. The van der Waals surface area contributed by atoms with Gasteiger partial charge >= 0.3 is 0 Å². The highest BCUT2D eigenvalue weighted by Crippen LogP contribution is 2.20. The van der Waals surface area contributed by atoms with E-state index in [1.165, 1.54) is 5.56 Å². The molecule has 1 heterocycles. The maximum absolute atomic E-state index is 5.75. The Morgan fingerprint density at radius 3 is 2.77 bits per heavy atom. The van der Waals surface area contributed by atoms with E-state index in [-0.39, 0.29) is 0 Å². The van der Waals surface area contributed by atoms with E-state index >= 15 is 0 Å². The SMILES string of the molecule is CCOc1cc(C)ccc1CNC(=NC)NCC(C)CN1CCOCC1. The number of ether oxygens (including phenoxy) is 2. The normalized spacial score (nSPS) is 17.0. The van der Waals surface area contributed by atoms with Gasteiger partial charge in [-0.25, -0.2) is 0 Å². The zero-order chi connectivity index (χ0) is 18.8. The zero-order valence-corrected chi connectivity index (χ0v) is 16.7. The second kappa shape index (κ2) is 11.0. The molecule has 146 valence electrons. The van der Waals surface area contributed by atoms with Crippen molar-refractivity contribution in [2.45, 2.75) is 27.3 Å². The van der Waals surface area contributed by atoms with Crippen LogP contribution in [0.5, 0.6) is 5.75 Å². The Bertz CT molecular complexity index is 571. The molecule has 6 nitrogen and oxygen atoms in total. The second-order valence-corrected chi connectivity index (χ2v) is 6.87. The van der Waals surface area contributed by atoms with Gasteiger partial charge < -0.3 is 20.1 Å². The first-order chi connectivity index (χ1) is 12.6. The van der Waals surface area contributed by atoms with E-state index in [0.717, 1.165) is 56.7 Å². The molecule has 6 heteroatoms. The highest BCUT2D eigenvalue weighted by atomic mass is 16.5. The largest absolute Gasteiger partial charge is 0.494 e. The Kier molecular flexibility index (Phi) is 8.71. The third kappa shape index (κ3) is 6.84. The molecule has 1 fully saturated rings. The molecule has 0 radical (unpaired) electrons. The molecule has 26 heavy (non-hydrogen) atoms. The van der Waals surface area contributed by atoms with Gasteiger partial charge in [-0.1, -0.05) is 19.1 Å². The Morgan fingerprint density at radius 1 is 1.31 bits per heavy atom. The van der Waals surface area contributed by atoms with E-state index in [1.54, 1.807) is 7.05 Å². The smallest absolute Gasteiger partial charge is 0.191 e. The number of aliphatic imine (C=N–C) groups is 1. The fourth-order valence-corrected chi connectivity index (χ4v) is 3.06. The molecular weight excluding hydrogens is 328 g/mol. The second-order valence-electron chi connectivity index (χ2n) is 6.87. The third-order valence-corrected chi connectivity index (χ3v) is 4.48. The van der Waals surface area contributed by atoms with Crippen LogP contribution in [0.4, 0.5) is 0 Å². The minimum atomic E-state index is 0.546. The van der Waals surface area contributed by atoms with Crippen LogP contribution in [-0.2, 0) is 11.3 Å². The Morgan fingerprint density at radius 2 is 2.08 bits per heavy atom. The minimum absolute atomic E-state index is 0.546. The molecule has 0 aliphatic carbocycles. The summed E-state index contributed by atoms with van der Waals surface area (Å²) in [7, 11) is 1.81. The van der Waals surface area contributed by atoms with Gasteiger partial charge in [-0.15, -0.1) is 0 Å². The predicted molar refractivity (Wildman–Crippen MR) is 107 cm³/mol. The number of hydrogen-bond donors (Lipinski definition) is 2. The van der Waals surface area contributed by atoms with Crippen molar-refractivity contribution in [1.29, 1.82) is 0 Å². The van der Waals surface area contributed by atoms with Crippen LogP contribution in [-0.4, -0.2) is 63.9 Å². The summed E-state index contributed by atoms with van der Waals surface area (Å²) in [6.45, 7) is 13.5. The molecule has 1 atom stereocenters. The van der Waals surface area contributed by atoms with Crippen LogP contribution >= 0.6 is 0 Å². The molecule has 0 saturated carbocycles. The molecule has 2 rings (SSSR count). The molecular formula is C20H34N4O2. The highest BCUT2D eigenvalue weighted by molar-refractivity contribution is 5.79. The number of benzene rings is 1. The van der Waals surface area contributed by atoms with Crippen molar-refractivity contribution in [1.82, 2.24) is 15.5 Å². The maximum atomic E-state index is 5.75. The fourth-order valence-electron chi connectivity index (χ4n) is 3.06. The third-order valence-electron chi connectivity index (χ3n) is 4.48. The summed E-state index contributed by atoms with van der Waals surface area (Å²) in [6.07, 6.45) is 0. The number of morpholine rings is 1. The van der Waals surface area contributed by atoms with Crippen molar-refractivity contribution in [3.63, 3.8) is 0 Å². The number of aryl methyl sites for hydroxylation is 1. The number of guanidine groups is 1. The van der Waals surface area contributed by atoms with Crippen molar-refractivity contribution >= 4 is 5.96 Å². The van der Waals surface area contributed by atoms with Crippen molar-refractivity contribution in [2.24, 2.45) is 10.9 Å². The topological polar surface area (TPSA) is 58.1 Å². The minimum Gasteiger partial charge on any atom is -0.494 e. The zero-order valence-electron chi connectivity index (χ0n) is 16.7. The van der Waals surface area contributed by atoms with E-state index in [4.69, 9.17) is 9.47 Å². The van der Waals surface area contributed by atoms with Crippen LogP contribution in [0.25, 0.3) is 0 Å². The summed E-state index contributed by atoms with van der Waals surface area (Å²) in [5, 5.41) is 6.82. The summed E-state index contributed by atoms with van der Waals surface area (Å²) in [5.74, 6) is 2.31. The van der Waals surface area contributed by atoms with Crippen molar-refractivity contribution in [2.75, 3.05) is 53.0 Å². The number of nitrogens with zero attached hydrogens (tertiary/aromatic N) is 2. The standard InChI is InChI=1S/C20H34N4O2/c1-5-26-19-12-16(2)6-7-18(19)14-23-20(21-4)22-13-17(3)15-24-8-10-25-11-9-24/h6-7,12,17H,5,8-11,13-15H2,1-4H3,(H2,21,22,23). The van der Waals surface area contributed by atoms with Crippen molar-refractivity contribution in [3.8, 4) is 5.75 Å². The molecule has 1 aliphatic rings. The average molecular weight is 363 g/mol. The lowest BCUT2D eigenvalue weighted by Gasteiger charge is -2.29. The molecule has 0 amide bonds. The molecule has 1 aromatic carbocycles. The van der Waals surface area contributed by atoms with E-state index in [1.807, 2.05) is 6.92 Å². The first kappa shape index (κ1) is 20.5. The van der Waals surface area contributed by atoms with Gasteiger partial charge in [0.15, 0.2) is 5.96 Å². The number of hydrogen-bond acceptors (Lipinski definition) is 4. The first-order valence-corrected chi connectivity index (χ1v) is 9.59. The molecule has 1 saturated heterocycles. The molecule has 1 aliphatic heterocycles. The molecule has 0 aromatic heterocycles. The van der Waals surface area contributed by atoms with E-state index in [2.05, 4.69) is 52.6 Å². The van der Waals surface area contributed by atoms with Gasteiger partial charge in [0.05, 0.1) is 19.8 Å². The molecule has 0 bridgehead atoms. The molecule has 1 aromatic rings. The van der Waals surface area contributed by atoms with Gasteiger partial charge in [0, 0.05) is 45.3 Å². The van der Waals surface area contributed by atoms with Crippen LogP contribution in [0.15, 0.2) is 23.2 Å². The Hall–Kier alpha value is -1.79. The van der Waals surface area contributed by atoms with Crippen LogP contribution < -0.4 is 15.4 Å². The molecule has 1 unspecified atom stereocenters. The molecule has 0 spiro atoms. The van der Waals surface area contributed by atoms with E-state index in [9.17, 15) is 0 Å². The lowest BCUT2D eigenvalue weighted by Crippen LogP contribution is -2.43. The van der Waals surface area contributed by atoms with Crippen molar-refractivity contribution in [3.05, 3.63) is 29.3 Å². The van der Waals surface area contributed by atoms with Crippen molar-refractivity contribution < 1.29 is 9.47 Å². The van der Waals surface area contributed by atoms with E-state index in [0.29, 0.717) is 19.1 Å². The summed E-state index contributed by atoms with van der Waals surface area (Å²) >= 11 is 0. The summed E-state index contributed by atoms with van der Waals surface area (Å²) in [5.41, 5.74) is 2.35. The van der Waals surface area contributed by atoms with Gasteiger partial charge in [0.25, 0.3) is 0 Å². The van der Waals surface area contributed by atoms with Crippen LogP contribution in [0.1, 0.15) is 25.0 Å². The highest BCUT2D eigenvalue weighted by Gasteiger charge is 2.14. The van der Waals surface area contributed by atoms with E-state index < -0.39 is 0 Å². The lowest BCUT2D eigenvalue weighted by atomic mass is 10.1. The lowest BCUT2D eigenvalue weighted by molar-refractivity contribution is 0.0320.